The molecule has 5 atom stereocenters. The number of ether oxygens (including phenoxy) is 2. The Bertz CT molecular complexity index is 1520. The summed E-state index contributed by atoms with van der Waals surface area (Å²) >= 11 is 6.11. The van der Waals surface area contributed by atoms with Crippen LogP contribution in [0.4, 0.5) is 5.69 Å². The largest absolute Gasteiger partial charge is 0.493 e. The Kier molecular flexibility index (Phi) is 5.36. The van der Waals surface area contributed by atoms with Crippen LogP contribution in [0.15, 0.2) is 54.6 Å². The van der Waals surface area contributed by atoms with Crippen molar-refractivity contribution < 1.29 is 24.2 Å². The van der Waals surface area contributed by atoms with E-state index in [4.69, 9.17) is 21.1 Å². The molecule has 188 valence electrons. The predicted octanol–water partition coefficient (Wildman–Crippen LogP) is 4.54. The van der Waals surface area contributed by atoms with Crippen molar-refractivity contribution in [2.45, 2.75) is 44.0 Å². The van der Waals surface area contributed by atoms with Gasteiger partial charge in [-0.05, 0) is 49.7 Å². The fraction of sp³-hybridized carbons (Fsp3) is 0.345. The minimum Gasteiger partial charge on any atom is -0.493 e. The standard InChI is InChI=1S/C29H25ClN2O5/c1-16-13-18(8-9-21(16)30)36-12-11-29-14-23(33)28(2,37-29)24-25(29)27(35)32(26(24)34)22-10-7-17(15-31)19-5-3-4-6-20(19)22/h3-10,13,23-25,33H,11-12,14H2,1-2H3/t23?,24-,25+,28-,29+/m0/s1. The molecule has 3 aliphatic rings. The van der Waals surface area contributed by atoms with Gasteiger partial charge >= 0.3 is 0 Å². The maximum Gasteiger partial charge on any atom is 0.240 e. The molecule has 2 amide bonds. The number of halogens is 1. The third kappa shape index (κ3) is 3.33. The summed E-state index contributed by atoms with van der Waals surface area (Å²) in [5.41, 5.74) is -0.398. The monoisotopic (exact) mass is 516 g/mol. The van der Waals surface area contributed by atoms with Gasteiger partial charge in [-0.3, -0.25) is 9.59 Å². The normalized spacial score (nSPS) is 30.1. The van der Waals surface area contributed by atoms with E-state index in [-0.39, 0.29) is 24.8 Å². The number of nitrogens with zero attached hydrogens (tertiary/aromatic N) is 2. The second-order valence-electron chi connectivity index (χ2n) is 10.3. The van der Waals surface area contributed by atoms with E-state index in [0.29, 0.717) is 39.2 Å². The number of aryl methyl sites for hydroxylation is 1. The highest BCUT2D eigenvalue weighted by Crippen LogP contribution is 2.62. The molecule has 3 aromatic carbocycles. The number of hydrogen-bond acceptors (Lipinski definition) is 6. The van der Waals surface area contributed by atoms with Crippen LogP contribution in [0.25, 0.3) is 10.8 Å². The molecule has 0 aliphatic carbocycles. The van der Waals surface area contributed by atoms with E-state index in [1.807, 2.05) is 25.1 Å². The lowest BCUT2D eigenvalue weighted by Gasteiger charge is -2.33. The van der Waals surface area contributed by atoms with E-state index in [1.165, 1.54) is 4.90 Å². The van der Waals surface area contributed by atoms with E-state index in [2.05, 4.69) is 6.07 Å². The van der Waals surface area contributed by atoms with Crippen molar-refractivity contribution in [1.82, 2.24) is 0 Å². The Morgan fingerprint density at radius 2 is 1.86 bits per heavy atom. The first-order chi connectivity index (χ1) is 17.7. The molecular formula is C29H25ClN2O5. The summed E-state index contributed by atoms with van der Waals surface area (Å²) in [6.07, 6.45) is -0.307. The van der Waals surface area contributed by atoms with E-state index in [1.54, 1.807) is 43.3 Å². The van der Waals surface area contributed by atoms with Gasteiger partial charge in [0.2, 0.25) is 11.8 Å². The first kappa shape index (κ1) is 23.9. The molecule has 0 aromatic heterocycles. The molecule has 3 heterocycles. The number of carbonyl (C=O) groups is 2. The van der Waals surface area contributed by atoms with Crippen LogP contribution in [0, 0.1) is 30.1 Å². The van der Waals surface area contributed by atoms with E-state index in [0.717, 1.165) is 5.56 Å². The van der Waals surface area contributed by atoms with Crippen LogP contribution in [0.3, 0.4) is 0 Å². The molecule has 0 spiro atoms. The lowest BCUT2D eigenvalue weighted by Crippen LogP contribution is -2.49. The Morgan fingerprint density at radius 3 is 2.59 bits per heavy atom. The number of imide groups is 1. The maximum absolute atomic E-state index is 14.0. The van der Waals surface area contributed by atoms with Gasteiger partial charge in [0.25, 0.3) is 0 Å². The summed E-state index contributed by atoms with van der Waals surface area (Å²) < 4.78 is 12.4. The Morgan fingerprint density at radius 1 is 1.14 bits per heavy atom. The summed E-state index contributed by atoms with van der Waals surface area (Å²) in [5, 5.41) is 22.5. The third-order valence-electron chi connectivity index (χ3n) is 8.30. The van der Waals surface area contributed by atoms with Gasteiger partial charge in [-0.1, -0.05) is 35.9 Å². The lowest BCUT2D eigenvalue weighted by atomic mass is 9.66. The number of fused-ring (bicyclic) bond motifs is 6. The number of hydrogen-bond donors (Lipinski definition) is 1. The number of carbonyl (C=O) groups excluding carboxylic acids is 2. The SMILES string of the molecule is Cc1cc(OCC[C@]23CC(O)[C@](C)(O2)[C@@H]2C(=O)N(c4ccc(C#N)c5ccccc45)C(=O)[C@@H]23)ccc1Cl. The first-order valence-corrected chi connectivity index (χ1v) is 12.6. The fourth-order valence-electron chi connectivity index (χ4n) is 6.49. The molecule has 37 heavy (non-hydrogen) atoms. The number of amides is 2. The van der Waals surface area contributed by atoms with Crippen LogP contribution < -0.4 is 9.64 Å². The Balaban J connectivity index is 1.35. The molecule has 3 saturated heterocycles. The number of rotatable bonds is 5. The Hall–Kier alpha value is -3.44. The van der Waals surface area contributed by atoms with E-state index in [9.17, 15) is 20.0 Å². The van der Waals surface area contributed by atoms with Gasteiger partial charge in [0, 0.05) is 28.6 Å². The highest BCUT2D eigenvalue weighted by molar-refractivity contribution is 6.31. The summed E-state index contributed by atoms with van der Waals surface area (Å²) in [6, 6.07) is 18.1. The van der Waals surface area contributed by atoms with Crippen LogP contribution in [-0.2, 0) is 14.3 Å². The number of nitriles is 1. The fourth-order valence-corrected chi connectivity index (χ4v) is 6.60. The van der Waals surface area contributed by atoms with Crippen LogP contribution >= 0.6 is 11.6 Å². The second kappa shape index (κ2) is 8.29. The molecule has 3 fully saturated rings. The zero-order chi connectivity index (χ0) is 26.1. The molecule has 3 aliphatic heterocycles. The molecular weight excluding hydrogens is 492 g/mol. The topological polar surface area (TPSA) is 99.9 Å². The van der Waals surface area contributed by atoms with Crippen molar-refractivity contribution in [2.24, 2.45) is 11.8 Å². The molecule has 3 aromatic rings. The predicted molar refractivity (Wildman–Crippen MR) is 137 cm³/mol. The van der Waals surface area contributed by atoms with Gasteiger partial charge in [-0.15, -0.1) is 0 Å². The quantitative estimate of drug-likeness (QED) is 0.500. The average molecular weight is 517 g/mol. The molecule has 0 radical (unpaired) electrons. The van der Waals surface area contributed by atoms with E-state index < -0.39 is 29.1 Å². The van der Waals surface area contributed by atoms with E-state index >= 15 is 0 Å². The molecule has 2 bridgehead atoms. The van der Waals surface area contributed by atoms with Gasteiger partial charge in [0.15, 0.2) is 0 Å². The molecule has 6 rings (SSSR count). The van der Waals surface area contributed by atoms with Gasteiger partial charge in [0.1, 0.15) is 11.4 Å². The molecule has 1 N–H and O–H groups in total. The van der Waals surface area contributed by atoms with Crippen molar-refractivity contribution in [2.75, 3.05) is 11.5 Å². The van der Waals surface area contributed by atoms with Crippen molar-refractivity contribution in [3.8, 4) is 11.8 Å². The van der Waals surface area contributed by atoms with Crippen LogP contribution in [-0.4, -0.2) is 40.8 Å². The minimum atomic E-state index is -1.18. The summed E-state index contributed by atoms with van der Waals surface area (Å²) in [5.74, 6) is -1.63. The first-order valence-electron chi connectivity index (χ1n) is 12.3. The van der Waals surface area contributed by atoms with Crippen LogP contribution in [0.1, 0.15) is 30.9 Å². The van der Waals surface area contributed by atoms with Gasteiger partial charge < -0.3 is 14.6 Å². The zero-order valence-corrected chi connectivity index (χ0v) is 21.2. The molecule has 7 nitrogen and oxygen atoms in total. The van der Waals surface area contributed by atoms with Gasteiger partial charge in [-0.25, -0.2) is 4.90 Å². The average Bonchev–Trinajstić information content (AvgIpc) is 3.41. The van der Waals surface area contributed by atoms with Crippen LogP contribution in [0.2, 0.25) is 5.02 Å². The Labute approximate surface area is 219 Å². The van der Waals surface area contributed by atoms with Crippen molar-refractivity contribution in [3.63, 3.8) is 0 Å². The zero-order valence-electron chi connectivity index (χ0n) is 20.4. The molecule has 0 saturated carbocycles. The van der Waals surface area contributed by atoms with Crippen LogP contribution in [0.5, 0.6) is 5.75 Å². The molecule has 1 unspecified atom stereocenters. The number of aliphatic hydroxyl groups is 1. The number of aliphatic hydroxyl groups excluding tert-OH is 1. The highest BCUT2D eigenvalue weighted by atomic mass is 35.5. The summed E-state index contributed by atoms with van der Waals surface area (Å²) in [4.78, 5) is 29.1. The van der Waals surface area contributed by atoms with Gasteiger partial charge in [-0.2, -0.15) is 5.26 Å². The second-order valence-corrected chi connectivity index (χ2v) is 10.7. The maximum atomic E-state index is 14.0. The smallest absolute Gasteiger partial charge is 0.240 e. The van der Waals surface area contributed by atoms with Crippen molar-refractivity contribution in [1.29, 1.82) is 5.26 Å². The summed E-state index contributed by atoms with van der Waals surface area (Å²) in [6.45, 7) is 3.86. The highest BCUT2D eigenvalue weighted by Gasteiger charge is 2.77. The molecule has 8 heteroatoms. The summed E-state index contributed by atoms with van der Waals surface area (Å²) in [7, 11) is 0. The van der Waals surface area contributed by atoms with Crippen molar-refractivity contribution >= 4 is 39.9 Å². The third-order valence-corrected chi connectivity index (χ3v) is 8.72. The van der Waals surface area contributed by atoms with Gasteiger partial charge in [0.05, 0.1) is 47.5 Å². The number of anilines is 1. The lowest BCUT2D eigenvalue weighted by molar-refractivity contribution is -0.134. The van der Waals surface area contributed by atoms with Crippen molar-refractivity contribution in [3.05, 3.63) is 70.7 Å². The number of benzene rings is 3. The minimum absolute atomic E-state index is 0.244.